The summed E-state index contributed by atoms with van der Waals surface area (Å²) in [6, 6.07) is 12.5. The van der Waals surface area contributed by atoms with Gasteiger partial charge < -0.3 is 15.5 Å². The van der Waals surface area contributed by atoms with E-state index in [1.165, 1.54) is 12.1 Å². The number of carboxylic acids is 1. The molecule has 0 radical (unpaired) electrons. The number of aromatic carboxylic acids is 1. The smallest absolute Gasteiger partial charge is 0.339 e. The normalized spacial score (nSPS) is 9.89. The highest BCUT2D eigenvalue weighted by Gasteiger charge is 2.13. The van der Waals surface area contributed by atoms with Gasteiger partial charge in [0.2, 0.25) is 0 Å². The second-order valence-electron chi connectivity index (χ2n) is 3.86. The minimum Gasteiger partial charge on any atom is -0.507 e. The van der Waals surface area contributed by atoms with E-state index in [0.29, 0.717) is 5.69 Å². The first-order valence-corrected chi connectivity index (χ1v) is 5.50. The van der Waals surface area contributed by atoms with Crippen LogP contribution >= 0.6 is 0 Å². The average molecular weight is 257 g/mol. The minimum atomic E-state index is -1.29. The van der Waals surface area contributed by atoms with Crippen molar-refractivity contribution in [3.8, 4) is 5.75 Å². The van der Waals surface area contributed by atoms with Crippen LogP contribution in [0.2, 0.25) is 0 Å². The molecule has 0 aliphatic heterocycles. The van der Waals surface area contributed by atoms with E-state index >= 15 is 0 Å². The summed E-state index contributed by atoms with van der Waals surface area (Å²) in [5, 5.41) is 20.9. The molecule has 5 nitrogen and oxygen atoms in total. The highest BCUT2D eigenvalue weighted by Crippen LogP contribution is 2.19. The third kappa shape index (κ3) is 2.90. The lowest BCUT2D eigenvalue weighted by molar-refractivity contribution is 0.0693. The van der Waals surface area contributed by atoms with E-state index in [1.807, 2.05) is 6.07 Å². The largest absolute Gasteiger partial charge is 0.507 e. The number of carboxylic acid groups (broad SMARTS) is 1. The first kappa shape index (κ1) is 12.6. The van der Waals surface area contributed by atoms with Crippen molar-refractivity contribution in [2.24, 2.45) is 0 Å². The summed E-state index contributed by atoms with van der Waals surface area (Å²) in [6.07, 6.45) is 0. The van der Waals surface area contributed by atoms with E-state index in [1.54, 1.807) is 24.3 Å². The van der Waals surface area contributed by atoms with Gasteiger partial charge in [-0.3, -0.25) is 4.79 Å². The maximum absolute atomic E-state index is 11.9. The topological polar surface area (TPSA) is 86.6 Å². The Morgan fingerprint density at radius 3 is 2.32 bits per heavy atom. The number of hydrogen-bond donors (Lipinski definition) is 3. The van der Waals surface area contributed by atoms with Crippen LogP contribution in [-0.4, -0.2) is 22.1 Å². The van der Waals surface area contributed by atoms with Crippen LogP contribution in [-0.2, 0) is 0 Å². The molecule has 19 heavy (non-hydrogen) atoms. The molecule has 5 heteroatoms. The average Bonchev–Trinajstić information content (AvgIpc) is 2.40. The molecular weight excluding hydrogens is 246 g/mol. The highest BCUT2D eigenvalue weighted by atomic mass is 16.4. The lowest BCUT2D eigenvalue weighted by atomic mass is 10.1. The fourth-order valence-corrected chi connectivity index (χ4v) is 1.57. The van der Waals surface area contributed by atoms with E-state index in [9.17, 15) is 14.7 Å². The number of hydrogen-bond acceptors (Lipinski definition) is 3. The zero-order valence-corrected chi connectivity index (χ0v) is 9.83. The van der Waals surface area contributed by atoms with Crippen LogP contribution < -0.4 is 5.32 Å². The molecular formula is C14H11NO4. The third-order valence-corrected chi connectivity index (χ3v) is 2.52. The number of phenols is 1. The molecule has 0 unspecified atom stereocenters. The standard InChI is InChI=1S/C14H11NO4/c16-12-7-6-9(8-11(12)14(18)19)13(17)15-10-4-2-1-3-5-10/h1-8,16H,(H,15,17)(H,18,19). The molecule has 2 aromatic rings. The quantitative estimate of drug-likeness (QED) is 0.787. The van der Waals surface area contributed by atoms with Crippen molar-refractivity contribution in [3.63, 3.8) is 0 Å². The van der Waals surface area contributed by atoms with E-state index < -0.39 is 11.9 Å². The van der Waals surface area contributed by atoms with Gasteiger partial charge in [0.25, 0.3) is 5.91 Å². The second-order valence-corrected chi connectivity index (χ2v) is 3.86. The molecule has 2 aromatic carbocycles. The lowest BCUT2D eigenvalue weighted by Crippen LogP contribution is -2.12. The van der Waals surface area contributed by atoms with Crippen LogP contribution in [0, 0.1) is 0 Å². The number of anilines is 1. The molecule has 0 atom stereocenters. The molecule has 0 aliphatic carbocycles. The fourth-order valence-electron chi connectivity index (χ4n) is 1.57. The number of benzene rings is 2. The van der Waals surface area contributed by atoms with E-state index in [2.05, 4.69) is 5.32 Å². The van der Waals surface area contributed by atoms with Crippen molar-refractivity contribution >= 4 is 17.6 Å². The summed E-state index contributed by atoms with van der Waals surface area (Å²) in [7, 11) is 0. The molecule has 0 spiro atoms. The van der Waals surface area contributed by atoms with Gasteiger partial charge in [0.1, 0.15) is 11.3 Å². The SMILES string of the molecule is O=C(Nc1ccccc1)c1ccc(O)c(C(=O)O)c1. The van der Waals surface area contributed by atoms with Crippen LogP contribution in [0.1, 0.15) is 20.7 Å². The Hall–Kier alpha value is -2.82. The first-order chi connectivity index (χ1) is 9.08. The van der Waals surface area contributed by atoms with Gasteiger partial charge in [-0.15, -0.1) is 0 Å². The summed E-state index contributed by atoms with van der Waals surface area (Å²) in [4.78, 5) is 22.8. The number of carbonyl (C=O) groups is 2. The fraction of sp³-hybridized carbons (Fsp3) is 0. The van der Waals surface area contributed by atoms with Crippen molar-refractivity contribution in [1.82, 2.24) is 0 Å². The Bertz CT molecular complexity index is 623. The van der Waals surface area contributed by atoms with Crippen molar-refractivity contribution in [3.05, 3.63) is 59.7 Å². The van der Waals surface area contributed by atoms with E-state index in [4.69, 9.17) is 5.11 Å². The minimum absolute atomic E-state index is 0.166. The van der Waals surface area contributed by atoms with Gasteiger partial charge in [-0.05, 0) is 30.3 Å². The summed E-state index contributed by atoms with van der Waals surface area (Å²) < 4.78 is 0. The Labute approximate surface area is 109 Å². The second kappa shape index (κ2) is 5.22. The van der Waals surface area contributed by atoms with Crippen LogP contribution in [0.15, 0.2) is 48.5 Å². The van der Waals surface area contributed by atoms with Crippen molar-refractivity contribution in [1.29, 1.82) is 0 Å². The van der Waals surface area contributed by atoms with Gasteiger partial charge in [0.05, 0.1) is 0 Å². The molecule has 0 fully saturated rings. The maximum Gasteiger partial charge on any atom is 0.339 e. The number of carbonyl (C=O) groups excluding carboxylic acids is 1. The summed E-state index contributed by atoms with van der Waals surface area (Å²) in [5.41, 5.74) is 0.470. The van der Waals surface area contributed by atoms with Crippen molar-refractivity contribution in [2.45, 2.75) is 0 Å². The van der Waals surface area contributed by atoms with Crippen LogP contribution in [0.4, 0.5) is 5.69 Å². The molecule has 0 aliphatic rings. The zero-order valence-electron chi connectivity index (χ0n) is 9.83. The summed E-state index contributed by atoms with van der Waals surface area (Å²) in [6.45, 7) is 0. The number of amides is 1. The molecule has 0 bridgehead atoms. The first-order valence-electron chi connectivity index (χ1n) is 5.50. The zero-order chi connectivity index (χ0) is 13.8. The third-order valence-electron chi connectivity index (χ3n) is 2.52. The number of rotatable bonds is 3. The highest BCUT2D eigenvalue weighted by molar-refractivity contribution is 6.06. The van der Waals surface area contributed by atoms with Crippen molar-refractivity contribution in [2.75, 3.05) is 5.32 Å². The summed E-state index contributed by atoms with van der Waals surface area (Å²) >= 11 is 0. The van der Waals surface area contributed by atoms with Gasteiger partial charge in [-0.25, -0.2) is 4.79 Å². The molecule has 0 aromatic heterocycles. The Balaban J connectivity index is 2.25. The number of para-hydroxylation sites is 1. The van der Waals surface area contributed by atoms with Gasteiger partial charge in [-0.1, -0.05) is 18.2 Å². The number of nitrogens with one attached hydrogen (secondary N) is 1. The molecule has 2 rings (SSSR count). The van der Waals surface area contributed by atoms with Gasteiger partial charge in [0.15, 0.2) is 0 Å². The predicted molar refractivity (Wildman–Crippen MR) is 69.5 cm³/mol. The predicted octanol–water partition coefficient (Wildman–Crippen LogP) is 2.34. The molecule has 0 saturated heterocycles. The van der Waals surface area contributed by atoms with Crippen LogP contribution in [0.25, 0.3) is 0 Å². The Morgan fingerprint density at radius 1 is 1.00 bits per heavy atom. The van der Waals surface area contributed by atoms with Gasteiger partial charge >= 0.3 is 5.97 Å². The van der Waals surface area contributed by atoms with Crippen LogP contribution in [0.5, 0.6) is 5.75 Å². The summed E-state index contributed by atoms with van der Waals surface area (Å²) in [5.74, 6) is -2.09. The molecule has 1 amide bonds. The van der Waals surface area contributed by atoms with E-state index in [0.717, 1.165) is 6.07 Å². The maximum atomic E-state index is 11.9. The van der Waals surface area contributed by atoms with Gasteiger partial charge in [-0.2, -0.15) is 0 Å². The Kier molecular flexibility index (Phi) is 3.47. The van der Waals surface area contributed by atoms with Crippen molar-refractivity contribution < 1.29 is 19.8 Å². The lowest BCUT2D eigenvalue weighted by Gasteiger charge is -2.06. The molecule has 0 heterocycles. The monoisotopic (exact) mass is 257 g/mol. The molecule has 96 valence electrons. The van der Waals surface area contributed by atoms with Gasteiger partial charge in [0, 0.05) is 11.3 Å². The molecule has 0 saturated carbocycles. The molecule has 3 N–H and O–H groups in total. The van der Waals surface area contributed by atoms with E-state index in [-0.39, 0.29) is 16.9 Å². The van der Waals surface area contributed by atoms with Crippen LogP contribution in [0.3, 0.4) is 0 Å². The number of aromatic hydroxyl groups is 1. The Morgan fingerprint density at radius 2 is 1.68 bits per heavy atom.